The molecule has 0 heterocycles. The molecule has 6 nitrogen and oxygen atoms in total. The summed E-state index contributed by atoms with van der Waals surface area (Å²) in [6.45, 7) is 6.67. The van der Waals surface area contributed by atoms with E-state index in [4.69, 9.17) is 10.2 Å². The molecule has 0 aromatic heterocycles. The minimum Gasteiger partial charge on any atom is -0.481 e. The van der Waals surface area contributed by atoms with E-state index in [0.717, 1.165) is 12.8 Å². The number of hydrogen-bond donors (Lipinski definition) is 3. The van der Waals surface area contributed by atoms with E-state index in [2.05, 4.69) is 11.9 Å². The van der Waals surface area contributed by atoms with Crippen molar-refractivity contribution in [3.63, 3.8) is 0 Å². The highest BCUT2D eigenvalue weighted by Gasteiger charge is 2.12. The zero-order valence-electron chi connectivity index (χ0n) is 12.2. The largest absolute Gasteiger partial charge is 0.481 e. The standard InChI is InChI=1S/C14H26N2O4/c1-3-9-16(10-11-17)14(20)15-8-7-12(4-2)5-6-13(18)19/h3,12,17H,1,4-11H2,2H3,(H,15,20)(H,18,19). The Morgan fingerprint density at radius 3 is 2.60 bits per heavy atom. The molecule has 0 aliphatic rings. The number of hydrogen-bond acceptors (Lipinski definition) is 3. The number of carbonyl (C=O) groups is 2. The van der Waals surface area contributed by atoms with E-state index in [1.807, 2.05) is 6.92 Å². The Labute approximate surface area is 120 Å². The number of nitrogens with zero attached hydrogens (tertiary/aromatic N) is 1. The molecule has 0 aliphatic heterocycles. The molecule has 0 fully saturated rings. The fourth-order valence-corrected chi connectivity index (χ4v) is 1.93. The fraction of sp³-hybridized carbons (Fsp3) is 0.714. The van der Waals surface area contributed by atoms with Crippen LogP contribution in [0, 0.1) is 5.92 Å². The predicted molar refractivity (Wildman–Crippen MR) is 77.5 cm³/mol. The van der Waals surface area contributed by atoms with Gasteiger partial charge in [-0.25, -0.2) is 4.79 Å². The second-order valence-electron chi connectivity index (χ2n) is 4.69. The number of nitrogens with one attached hydrogen (secondary N) is 1. The molecular formula is C14H26N2O4. The van der Waals surface area contributed by atoms with Crippen LogP contribution in [0.25, 0.3) is 0 Å². The van der Waals surface area contributed by atoms with Crippen molar-refractivity contribution in [3.05, 3.63) is 12.7 Å². The Morgan fingerprint density at radius 2 is 2.10 bits per heavy atom. The first-order valence-electron chi connectivity index (χ1n) is 7.01. The lowest BCUT2D eigenvalue weighted by Gasteiger charge is -2.21. The third-order valence-electron chi connectivity index (χ3n) is 3.18. The highest BCUT2D eigenvalue weighted by molar-refractivity contribution is 5.74. The van der Waals surface area contributed by atoms with Crippen LogP contribution in [-0.4, -0.2) is 53.4 Å². The normalized spacial score (nSPS) is 11.7. The minimum absolute atomic E-state index is 0.0859. The highest BCUT2D eigenvalue weighted by Crippen LogP contribution is 2.14. The molecule has 0 aromatic carbocycles. The first kappa shape index (κ1) is 18.4. The molecule has 6 heteroatoms. The molecule has 2 amide bonds. The van der Waals surface area contributed by atoms with E-state index < -0.39 is 5.97 Å². The van der Waals surface area contributed by atoms with Crippen molar-refractivity contribution in [1.82, 2.24) is 10.2 Å². The van der Waals surface area contributed by atoms with E-state index in [-0.39, 0.29) is 25.6 Å². The molecule has 0 saturated carbocycles. The van der Waals surface area contributed by atoms with Gasteiger partial charge in [0.25, 0.3) is 0 Å². The Morgan fingerprint density at radius 1 is 1.40 bits per heavy atom. The van der Waals surface area contributed by atoms with E-state index >= 15 is 0 Å². The third kappa shape index (κ3) is 8.53. The molecule has 0 bridgehead atoms. The molecule has 116 valence electrons. The van der Waals surface area contributed by atoms with Crippen LogP contribution in [0.5, 0.6) is 0 Å². The Kier molecular flexibility index (Phi) is 10.4. The van der Waals surface area contributed by atoms with Crippen molar-refractivity contribution in [2.24, 2.45) is 5.92 Å². The Balaban J connectivity index is 4.02. The van der Waals surface area contributed by atoms with Gasteiger partial charge in [-0.1, -0.05) is 19.4 Å². The van der Waals surface area contributed by atoms with Crippen molar-refractivity contribution < 1.29 is 19.8 Å². The van der Waals surface area contributed by atoms with Crippen LogP contribution >= 0.6 is 0 Å². The second kappa shape index (κ2) is 11.3. The van der Waals surface area contributed by atoms with Gasteiger partial charge in [-0.2, -0.15) is 0 Å². The molecule has 0 saturated heterocycles. The Hall–Kier alpha value is -1.56. The summed E-state index contributed by atoms with van der Waals surface area (Å²) in [6, 6.07) is -0.230. The highest BCUT2D eigenvalue weighted by atomic mass is 16.4. The van der Waals surface area contributed by atoms with Crippen LogP contribution in [0.4, 0.5) is 4.79 Å². The van der Waals surface area contributed by atoms with Gasteiger partial charge in [0.2, 0.25) is 0 Å². The van der Waals surface area contributed by atoms with E-state index in [9.17, 15) is 9.59 Å². The maximum atomic E-state index is 11.8. The number of amides is 2. The first-order chi connectivity index (χ1) is 9.54. The summed E-state index contributed by atoms with van der Waals surface area (Å²) in [5, 5.41) is 20.3. The van der Waals surface area contributed by atoms with Crippen LogP contribution in [0.15, 0.2) is 12.7 Å². The summed E-state index contributed by atoms with van der Waals surface area (Å²) in [5.74, 6) is -0.482. The molecular weight excluding hydrogens is 260 g/mol. The summed E-state index contributed by atoms with van der Waals surface area (Å²) in [4.78, 5) is 23.8. The molecule has 1 atom stereocenters. The summed E-state index contributed by atoms with van der Waals surface area (Å²) >= 11 is 0. The SMILES string of the molecule is C=CCN(CCO)C(=O)NCCC(CC)CCC(=O)O. The maximum Gasteiger partial charge on any atom is 0.317 e. The van der Waals surface area contributed by atoms with Crippen LogP contribution in [-0.2, 0) is 4.79 Å². The minimum atomic E-state index is -0.785. The van der Waals surface area contributed by atoms with Gasteiger partial charge < -0.3 is 20.4 Å². The number of urea groups is 1. The summed E-state index contributed by atoms with van der Waals surface area (Å²) in [5.41, 5.74) is 0. The smallest absolute Gasteiger partial charge is 0.317 e. The zero-order chi connectivity index (χ0) is 15.4. The lowest BCUT2D eigenvalue weighted by Crippen LogP contribution is -2.42. The predicted octanol–water partition coefficient (Wildman–Crippen LogP) is 1.46. The molecule has 1 unspecified atom stereocenters. The van der Waals surface area contributed by atoms with Gasteiger partial charge in [-0.3, -0.25) is 4.79 Å². The average Bonchev–Trinajstić information content (AvgIpc) is 2.41. The molecule has 0 radical (unpaired) electrons. The molecule has 0 spiro atoms. The molecule has 0 aliphatic carbocycles. The van der Waals surface area contributed by atoms with Crippen LogP contribution in [0.2, 0.25) is 0 Å². The topological polar surface area (TPSA) is 89.9 Å². The van der Waals surface area contributed by atoms with Crippen molar-refractivity contribution in [1.29, 1.82) is 0 Å². The number of aliphatic hydroxyl groups is 1. The van der Waals surface area contributed by atoms with Gasteiger partial charge >= 0.3 is 12.0 Å². The van der Waals surface area contributed by atoms with Crippen molar-refractivity contribution in [2.45, 2.75) is 32.6 Å². The van der Waals surface area contributed by atoms with E-state index in [1.54, 1.807) is 6.08 Å². The van der Waals surface area contributed by atoms with Gasteiger partial charge in [0, 0.05) is 26.1 Å². The van der Waals surface area contributed by atoms with Gasteiger partial charge in [-0.05, 0) is 18.8 Å². The quantitative estimate of drug-likeness (QED) is 0.502. The van der Waals surface area contributed by atoms with Crippen LogP contribution < -0.4 is 5.32 Å². The summed E-state index contributed by atoms with van der Waals surface area (Å²) in [7, 11) is 0. The number of carbonyl (C=O) groups excluding carboxylic acids is 1. The van der Waals surface area contributed by atoms with Crippen molar-refractivity contribution in [2.75, 3.05) is 26.2 Å². The lowest BCUT2D eigenvalue weighted by molar-refractivity contribution is -0.137. The average molecular weight is 286 g/mol. The number of carboxylic acids is 1. The second-order valence-corrected chi connectivity index (χ2v) is 4.69. The molecule has 0 rings (SSSR count). The first-order valence-corrected chi connectivity index (χ1v) is 7.01. The van der Waals surface area contributed by atoms with Gasteiger partial charge in [0.1, 0.15) is 0 Å². The van der Waals surface area contributed by atoms with Gasteiger partial charge in [0.15, 0.2) is 0 Å². The number of aliphatic carboxylic acids is 1. The molecule has 20 heavy (non-hydrogen) atoms. The van der Waals surface area contributed by atoms with Gasteiger partial charge in [-0.15, -0.1) is 6.58 Å². The van der Waals surface area contributed by atoms with Crippen LogP contribution in [0.1, 0.15) is 32.6 Å². The Bertz CT molecular complexity index is 308. The zero-order valence-corrected chi connectivity index (χ0v) is 12.2. The number of aliphatic hydroxyl groups excluding tert-OH is 1. The summed E-state index contributed by atoms with van der Waals surface area (Å²) < 4.78 is 0. The maximum absolute atomic E-state index is 11.8. The van der Waals surface area contributed by atoms with E-state index in [0.29, 0.717) is 25.4 Å². The summed E-state index contributed by atoms with van der Waals surface area (Å²) in [6.07, 6.45) is 4.07. The van der Waals surface area contributed by atoms with Gasteiger partial charge in [0.05, 0.1) is 6.61 Å². The number of carboxylic acid groups (broad SMARTS) is 1. The van der Waals surface area contributed by atoms with Crippen molar-refractivity contribution in [3.8, 4) is 0 Å². The monoisotopic (exact) mass is 286 g/mol. The van der Waals surface area contributed by atoms with Crippen LogP contribution in [0.3, 0.4) is 0 Å². The third-order valence-corrected chi connectivity index (χ3v) is 3.18. The molecule has 0 aromatic rings. The number of rotatable bonds is 11. The van der Waals surface area contributed by atoms with Crippen molar-refractivity contribution >= 4 is 12.0 Å². The molecule has 3 N–H and O–H groups in total. The fourth-order valence-electron chi connectivity index (χ4n) is 1.93. The lowest BCUT2D eigenvalue weighted by atomic mass is 9.97. The van der Waals surface area contributed by atoms with E-state index in [1.165, 1.54) is 4.90 Å².